The maximum Gasteiger partial charge on any atom is 0.279 e. The zero-order valence-electron chi connectivity index (χ0n) is 30.2. The van der Waals surface area contributed by atoms with Crippen molar-refractivity contribution < 1.29 is 37.1 Å². The van der Waals surface area contributed by atoms with Crippen LogP contribution in [0.2, 0.25) is 0 Å². The maximum absolute atomic E-state index is 14.8. The van der Waals surface area contributed by atoms with Gasteiger partial charge in [-0.2, -0.15) is 5.10 Å². The van der Waals surface area contributed by atoms with E-state index in [0.29, 0.717) is 16.8 Å². The summed E-state index contributed by atoms with van der Waals surface area (Å²) in [5.41, 5.74) is 2.47. The summed E-state index contributed by atoms with van der Waals surface area (Å²) in [6, 6.07) is 0.0201. The summed E-state index contributed by atoms with van der Waals surface area (Å²) >= 11 is 0. The highest BCUT2D eigenvalue weighted by atomic mass is 19.3. The summed E-state index contributed by atoms with van der Waals surface area (Å²) in [6.07, 6.45) is -9.32. The van der Waals surface area contributed by atoms with Crippen LogP contribution >= 0.6 is 0 Å². The van der Waals surface area contributed by atoms with E-state index in [1.54, 1.807) is 5.32 Å². The van der Waals surface area contributed by atoms with E-state index < -0.39 is 92.1 Å². The van der Waals surface area contributed by atoms with Crippen LogP contribution in [0.3, 0.4) is 0 Å². The number of piperidine rings is 1. The molecular weight excluding hydrogens is 419 g/mol. The number of alkyl halides is 2. The minimum Gasteiger partial charge on any atom is -0.476 e. The van der Waals surface area contributed by atoms with Gasteiger partial charge in [-0.1, -0.05) is 6.07 Å². The predicted octanol–water partition coefficient (Wildman–Crippen LogP) is 4.59. The Morgan fingerprint density at radius 2 is 2.06 bits per heavy atom. The third kappa shape index (κ3) is 4.43. The first-order valence-electron chi connectivity index (χ1n) is 16.1. The normalized spacial score (nSPS) is 29.4. The number of halogens is 3. The van der Waals surface area contributed by atoms with Gasteiger partial charge < -0.3 is 15.8 Å². The number of rotatable bonds is 6. The summed E-state index contributed by atoms with van der Waals surface area (Å²) in [5, 5.41) is 5.62. The minimum atomic E-state index is -3.62. The third-order valence-corrected chi connectivity index (χ3v) is 4.59. The van der Waals surface area contributed by atoms with Gasteiger partial charge in [-0.25, -0.2) is 18.2 Å². The van der Waals surface area contributed by atoms with Crippen molar-refractivity contribution in [3.8, 4) is 16.9 Å². The molecule has 0 amide bonds. The van der Waals surface area contributed by atoms with Crippen molar-refractivity contribution in [2.45, 2.75) is 45.0 Å². The van der Waals surface area contributed by atoms with Crippen molar-refractivity contribution in [3.05, 3.63) is 59.3 Å². The minimum absolute atomic E-state index is 0.00526. The van der Waals surface area contributed by atoms with Gasteiger partial charge in [-0.3, -0.25) is 4.68 Å². The molecule has 0 spiro atoms. The molecule has 1 aromatic carbocycles. The Hall–Kier alpha value is -3.07. The number of nitrogens with two attached hydrogens (primary N) is 1. The molecule has 6 nitrogen and oxygen atoms in total. The molecule has 1 aliphatic heterocycles. The molecule has 1 aliphatic rings. The number of benzene rings is 1. The Morgan fingerprint density at radius 1 is 1.25 bits per heavy atom. The van der Waals surface area contributed by atoms with E-state index in [1.807, 2.05) is 0 Å². The molecule has 2 aromatic heterocycles. The molecule has 0 radical (unpaired) electrons. The molecule has 1 fully saturated rings. The van der Waals surface area contributed by atoms with Crippen LogP contribution in [-0.4, -0.2) is 34.2 Å². The van der Waals surface area contributed by atoms with Gasteiger partial charge in [0.05, 0.1) is 12.2 Å². The van der Waals surface area contributed by atoms with Crippen LogP contribution in [0.1, 0.15) is 60.8 Å². The fourth-order valence-corrected chi connectivity index (χ4v) is 3.01. The van der Waals surface area contributed by atoms with Gasteiger partial charge in [0.1, 0.15) is 5.82 Å². The lowest BCUT2D eigenvalue weighted by atomic mass is 9.97. The van der Waals surface area contributed by atoms with E-state index in [2.05, 4.69) is 10.1 Å². The Labute approximate surface area is 204 Å². The number of nitrogens with one attached hydrogen (secondary N) is 1. The van der Waals surface area contributed by atoms with Crippen molar-refractivity contribution >= 4 is 5.82 Å². The lowest BCUT2D eigenvalue weighted by Crippen LogP contribution is -2.29. The number of nitrogens with zero attached hydrogens (tertiary/aromatic N) is 3. The fraction of sp³-hybridized carbons (Fsp3) is 0.391. The Balaban J connectivity index is 1.82. The SMILES string of the molecule is [2H]C([2H])([2H])c1ccc(F)c(C([2H])([2H])[2H])c1C(Oc1cc(-c2cnn(C3C([2H])([2H])C([2H])([2H])NC([2H])([2H])C3([2H])[2H])c2)cnc1N)C(F)F. The van der Waals surface area contributed by atoms with Crippen molar-refractivity contribution in [2.75, 3.05) is 18.7 Å². The molecule has 3 N–H and O–H groups in total. The third-order valence-electron chi connectivity index (χ3n) is 4.59. The van der Waals surface area contributed by atoms with Gasteiger partial charge in [-0.05, 0) is 62.7 Å². The van der Waals surface area contributed by atoms with Crippen LogP contribution < -0.4 is 15.8 Å². The second-order valence-corrected chi connectivity index (χ2v) is 6.64. The van der Waals surface area contributed by atoms with E-state index in [4.69, 9.17) is 29.7 Å². The first-order chi connectivity index (χ1) is 20.7. The number of aryl methyl sites for hydroxylation is 1. The summed E-state index contributed by atoms with van der Waals surface area (Å²) in [5.74, 6) is -2.64. The van der Waals surface area contributed by atoms with E-state index in [1.165, 1.54) is 0 Å². The lowest BCUT2D eigenvalue weighted by molar-refractivity contribution is 0.00988. The number of anilines is 1. The molecule has 3 aromatic rings. The summed E-state index contributed by atoms with van der Waals surface area (Å²) in [4.78, 5) is 3.84. The summed E-state index contributed by atoms with van der Waals surface area (Å²) in [7, 11) is 0. The molecule has 0 bridgehead atoms. The molecule has 3 heterocycles. The molecule has 4 rings (SSSR count). The van der Waals surface area contributed by atoms with Crippen molar-refractivity contribution in [1.82, 2.24) is 20.1 Å². The molecule has 32 heavy (non-hydrogen) atoms. The second-order valence-electron chi connectivity index (χ2n) is 6.64. The zero-order chi connectivity index (χ0) is 35.0. The van der Waals surface area contributed by atoms with Crippen LogP contribution in [0.15, 0.2) is 36.8 Å². The molecule has 0 saturated carbocycles. The predicted molar refractivity (Wildman–Crippen MR) is 116 cm³/mol. The highest BCUT2D eigenvalue weighted by molar-refractivity contribution is 5.66. The molecule has 170 valence electrons. The van der Waals surface area contributed by atoms with E-state index in [0.717, 1.165) is 24.7 Å². The number of hydrogen-bond donors (Lipinski definition) is 2. The van der Waals surface area contributed by atoms with Gasteiger partial charge >= 0.3 is 0 Å². The van der Waals surface area contributed by atoms with Crippen molar-refractivity contribution in [2.24, 2.45) is 0 Å². The van der Waals surface area contributed by atoms with Crippen molar-refractivity contribution in [3.63, 3.8) is 0 Å². The first-order valence-corrected chi connectivity index (χ1v) is 9.11. The molecule has 1 saturated heterocycles. The van der Waals surface area contributed by atoms with Crippen LogP contribution in [0.4, 0.5) is 19.0 Å². The van der Waals surface area contributed by atoms with Gasteiger partial charge in [-0.15, -0.1) is 0 Å². The molecule has 1 atom stereocenters. The van der Waals surface area contributed by atoms with E-state index >= 15 is 0 Å². The smallest absolute Gasteiger partial charge is 0.279 e. The second kappa shape index (κ2) is 9.20. The fourth-order valence-electron chi connectivity index (χ4n) is 3.01. The highest BCUT2D eigenvalue weighted by Crippen LogP contribution is 2.36. The molecular formula is C23H26F3N5O. The van der Waals surface area contributed by atoms with Crippen LogP contribution in [0.25, 0.3) is 11.1 Å². The first kappa shape index (κ1) is 10.7. The maximum atomic E-state index is 14.8. The van der Waals surface area contributed by atoms with Crippen LogP contribution in [-0.2, 0) is 0 Å². The Morgan fingerprint density at radius 3 is 2.78 bits per heavy atom. The highest BCUT2D eigenvalue weighted by Gasteiger charge is 2.30. The average Bonchev–Trinajstić information content (AvgIpc) is 3.33. The van der Waals surface area contributed by atoms with E-state index in [-0.39, 0.29) is 11.1 Å². The summed E-state index contributed by atoms with van der Waals surface area (Å²) < 4.78 is 162. The quantitative estimate of drug-likeness (QED) is 0.564. The van der Waals surface area contributed by atoms with Gasteiger partial charge in [0.25, 0.3) is 6.43 Å². The van der Waals surface area contributed by atoms with Gasteiger partial charge in [0.2, 0.25) is 0 Å². The standard InChI is InChI=1S/C23H26F3N5O/c1-13-3-4-18(24)14(2)20(13)21(22(25)26)32-19-9-15(10-29-23(19)27)16-11-30-31(12-16)17-5-7-28-8-6-17/h3-4,9-12,17,21-22,28H,5-8H2,1-2H3,(H2,27,29)/i1D3,2D3,5D2,6D2,7D2,8D2. The van der Waals surface area contributed by atoms with Gasteiger partial charge in [0, 0.05) is 48.3 Å². The number of ether oxygens (including phenoxy) is 1. The van der Waals surface area contributed by atoms with Crippen molar-refractivity contribution in [1.29, 1.82) is 0 Å². The number of aromatic nitrogens is 3. The zero-order valence-corrected chi connectivity index (χ0v) is 16.2. The largest absolute Gasteiger partial charge is 0.476 e. The lowest BCUT2D eigenvalue weighted by Gasteiger charge is -2.23. The topological polar surface area (TPSA) is 78.0 Å². The number of pyridine rings is 1. The Kier molecular flexibility index (Phi) is 3.07. The Bertz CT molecular complexity index is 1600. The van der Waals surface area contributed by atoms with Crippen LogP contribution in [0, 0.1) is 19.5 Å². The molecule has 9 heteroatoms. The number of hydrogen-bond acceptors (Lipinski definition) is 5. The summed E-state index contributed by atoms with van der Waals surface area (Å²) in [6.45, 7) is -12.7. The monoisotopic (exact) mass is 459 g/mol. The molecule has 0 aliphatic carbocycles. The molecule has 1 unspecified atom stereocenters. The van der Waals surface area contributed by atoms with Gasteiger partial charge in [0.15, 0.2) is 17.7 Å². The average molecular weight is 460 g/mol. The number of nitrogen functional groups attached to an aromatic ring is 1. The van der Waals surface area contributed by atoms with E-state index in [9.17, 15) is 13.2 Å². The van der Waals surface area contributed by atoms with Crippen LogP contribution in [0.5, 0.6) is 5.75 Å².